The molecule has 2 aromatic carbocycles. The van der Waals surface area contributed by atoms with E-state index in [2.05, 4.69) is 20.6 Å². The van der Waals surface area contributed by atoms with Gasteiger partial charge in [-0.3, -0.25) is 9.11 Å². The molecule has 0 saturated carbocycles. The molecule has 12 heteroatoms. The molecule has 4 N–H and O–H groups in total. The summed E-state index contributed by atoms with van der Waals surface area (Å²) in [7, 11) is -8.15. The SMILES string of the molecule is O=S(=O)(O)CCNc1cccc2nc3c(NCCS(=O)(=O)O)cccc3nc12. The summed E-state index contributed by atoms with van der Waals surface area (Å²) in [5, 5.41) is 5.85. The summed E-state index contributed by atoms with van der Waals surface area (Å²) in [6.45, 7) is 0.0176. The lowest BCUT2D eigenvalue weighted by atomic mass is 10.2. The first-order chi connectivity index (χ1) is 13.1. The lowest BCUT2D eigenvalue weighted by Gasteiger charge is -2.11. The number of hydrogen-bond donors (Lipinski definition) is 4. The van der Waals surface area contributed by atoms with Crippen molar-refractivity contribution in [2.75, 3.05) is 35.2 Å². The van der Waals surface area contributed by atoms with Crippen molar-refractivity contribution in [3.05, 3.63) is 36.4 Å². The Morgan fingerprint density at radius 1 is 0.714 bits per heavy atom. The van der Waals surface area contributed by atoms with Crippen LogP contribution in [0.15, 0.2) is 36.4 Å². The van der Waals surface area contributed by atoms with Gasteiger partial charge in [-0.25, -0.2) is 9.97 Å². The molecule has 0 saturated heterocycles. The molecule has 3 aromatic rings. The molecule has 150 valence electrons. The number of nitrogens with one attached hydrogen (secondary N) is 2. The molecule has 0 atom stereocenters. The van der Waals surface area contributed by atoms with Gasteiger partial charge in [0, 0.05) is 13.1 Å². The largest absolute Gasteiger partial charge is 0.382 e. The quantitative estimate of drug-likeness (QED) is 0.306. The van der Waals surface area contributed by atoms with Gasteiger partial charge >= 0.3 is 0 Å². The van der Waals surface area contributed by atoms with Gasteiger partial charge in [0.15, 0.2) is 0 Å². The Morgan fingerprint density at radius 2 is 1.11 bits per heavy atom. The van der Waals surface area contributed by atoms with E-state index in [0.717, 1.165) is 0 Å². The van der Waals surface area contributed by atoms with Gasteiger partial charge in [-0.1, -0.05) is 12.1 Å². The van der Waals surface area contributed by atoms with Crippen LogP contribution in [0, 0.1) is 0 Å². The molecule has 0 amide bonds. The van der Waals surface area contributed by atoms with Crippen LogP contribution in [0.5, 0.6) is 0 Å². The third-order valence-electron chi connectivity index (χ3n) is 3.84. The highest BCUT2D eigenvalue weighted by molar-refractivity contribution is 7.86. The minimum atomic E-state index is -4.07. The number of hydrogen-bond acceptors (Lipinski definition) is 8. The zero-order valence-corrected chi connectivity index (χ0v) is 16.2. The highest BCUT2D eigenvalue weighted by Gasteiger charge is 2.11. The highest BCUT2D eigenvalue weighted by Crippen LogP contribution is 2.26. The Labute approximate surface area is 161 Å². The van der Waals surface area contributed by atoms with E-state index in [1.165, 1.54) is 0 Å². The third-order valence-corrected chi connectivity index (χ3v) is 5.28. The smallest absolute Gasteiger partial charge is 0.266 e. The van der Waals surface area contributed by atoms with Crippen molar-refractivity contribution in [1.82, 2.24) is 9.97 Å². The number of aromatic nitrogens is 2. The Hall–Kier alpha value is -2.54. The second-order valence-electron chi connectivity index (χ2n) is 6.00. The molecule has 0 aliphatic carbocycles. The van der Waals surface area contributed by atoms with Crippen LogP contribution in [0.3, 0.4) is 0 Å². The van der Waals surface area contributed by atoms with Gasteiger partial charge in [0.25, 0.3) is 20.2 Å². The predicted molar refractivity (Wildman–Crippen MR) is 107 cm³/mol. The molecule has 28 heavy (non-hydrogen) atoms. The van der Waals surface area contributed by atoms with E-state index in [4.69, 9.17) is 9.11 Å². The van der Waals surface area contributed by atoms with Crippen LogP contribution in [0.2, 0.25) is 0 Å². The molecule has 10 nitrogen and oxygen atoms in total. The molecule has 3 rings (SSSR count). The molecule has 1 aromatic heterocycles. The lowest BCUT2D eigenvalue weighted by molar-refractivity contribution is 0.481. The Balaban J connectivity index is 1.93. The van der Waals surface area contributed by atoms with Gasteiger partial charge in [0.2, 0.25) is 0 Å². The number of nitrogens with zero attached hydrogens (tertiary/aromatic N) is 2. The van der Waals surface area contributed by atoms with E-state index >= 15 is 0 Å². The van der Waals surface area contributed by atoms with Crippen LogP contribution in [0.25, 0.3) is 22.1 Å². The number of anilines is 2. The van der Waals surface area contributed by atoms with Gasteiger partial charge in [-0.2, -0.15) is 16.8 Å². The molecule has 0 aliphatic rings. The topological polar surface area (TPSA) is 159 Å². The van der Waals surface area contributed by atoms with Crippen LogP contribution in [-0.4, -0.2) is 60.5 Å². The molecule has 1 heterocycles. The first-order valence-corrected chi connectivity index (χ1v) is 11.4. The fraction of sp³-hybridized carbons (Fsp3) is 0.250. The Morgan fingerprint density at radius 3 is 1.46 bits per heavy atom. The number of fused-ring (bicyclic) bond motifs is 2. The average Bonchev–Trinajstić information content (AvgIpc) is 2.58. The Kier molecular flexibility index (Phi) is 5.65. The summed E-state index contributed by atoms with van der Waals surface area (Å²) in [6, 6.07) is 10.4. The molecule has 0 bridgehead atoms. The first kappa shape index (κ1) is 20.2. The lowest BCUT2D eigenvalue weighted by Crippen LogP contribution is -2.15. The Bertz CT molecular complexity index is 1130. The maximum atomic E-state index is 10.9. The first-order valence-electron chi connectivity index (χ1n) is 8.20. The van der Waals surface area contributed by atoms with Crippen LogP contribution in [0.4, 0.5) is 11.4 Å². The fourth-order valence-electron chi connectivity index (χ4n) is 2.63. The molecule has 0 radical (unpaired) electrons. The standard InChI is InChI=1S/C16H18N4O6S2/c21-27(22,23)9-7-17-11-3-1-5-13-15(11)20-14-6-2-4-12(16(14)19-13)18-8-10-28(24,25)26/h1-6,17-18H,7-10H2,(H,21,22,23)(H,24,25,26). The van der Waals surface area contributed by atoms with E-state index < -0.39 is 31.7 Å². The molecule has 0 spiro atoms. The summed E-state index contributed by atoms with van der Waals surface area (Å²) in [4.78, 5) is 9.13. The highest BCUT2D eigenvalue weighted by atomic mass is 32.2. The zero-order chi connectivity index (χ0) is 20.4. The van der Waals surface area contributed by atoms with Crippen LogP contribution >= 0.6 is 0 Å². The van der Waals surface area contributed by atoms with Crippen molar-refractivity contribution < 1.29 is 25.9 Å². The van der Waals surface area contributed by atoms with E-state index in [-0.39, 0.29) is 13.1 Å². The third kappa shape index (κ3) is 5.25. The van der Waals surface area contributed by atoms with Crippen LogP contribution in [-0.2, 0) is 20.2 Å². The number of para-hydroxylation sites is 2. The van der Waals surface area contributed by atoms with Crippen molar-refractivity contribution in [3.8, 4) is 0 Å². The maximum absolute atomic E-state index is 10.9. The normalized spacial score (nSPS) is 12.4. The summed E-state index contributed by atoms with van der Waals surface area (Å²) in [5.41, 5.74) is 3.29. The minimum Gasteiger partial charge on any atom is -0.382 e. The van der Waals surface area contributed by atoms with E-state index in [1.807, 2.05) is 0 Å². The summed E-state index contributed by atoms with van der Waals surface area (Å²) < 4.78 is 61.2. The predicted octanol–water partition coefficient (Wildman–Crippen LogP) is 1.38. The second-order valence-corrected chi connectivity index (χ2v) is 9.14. The van der Waals surface area contributed by atoms with Gasteiger partial charge in [-0.05, 0) is 24.3 Å². The van der Waals surface area contributed by atoms with Gasteiger partial charge in [0.05, 0.1) is 33.9 Å². The van der Waals surface area contributed by atoms with Crippen LogP contribution < -0.4 is 10.6 Å². The van der Waals surface area contributed by atoms with Crippen molar-refractivity contribution in [1.29, 1.82) is 0 Å². The number of benzene rings is 2. The maximum Gasteiger partial charge on any atom is 0.266 e. The second kappa shape index (κ2) is 7.83. The minimum absolute atomic E-state index is 0.00882. The monoisotopic (exact) mass is 426 g/mol. The molecule has 0 fully saturated rings. The van der Waals surface area contributed by atoms with E-state index in [0.29, 0.717) is 33.4 Å². The molecular weight excluding hydrogens is 408 g/mol. The van der Waals surface area contributed by atoms with Crippen LogP contribution in [0.1, 0.15) is 0 Å². The van der Waals surface area contributed by atoms with Crippen molar-refractivity contribution in [2.45, 2.75) is 0 Å². The van der Waals surface area contributed by atoms with Crippen molar-refractivity contribution in [2.24, 2.45) is 0 Å². The van der Waals surface area contributed by atoms with E-state index in [9.17, 15) is 16.8 Å². The fourth-order valence-corrected chi connectivity index (χ4v) is 3.35. The van der Waals surface area contributed by atoms with Crippen molar-refractivity contribution in [3.63, 3.8) is 0 Å². The number of rotatable bonds is 8. The van der Waals surface area contributed by atoms with Gasteiger partial charge in [-0.15, -0.1) is 0 Å². The summed E-state index contributed by atoms with van der Waals surface area (Å²) in [5.74, 6) is -0.877. The summed E-state index contributed by atoms with van der Waals surface area (Å²) >= 11 is 0. The van der Waals surface area contributed by atoms with Gasteiger partial charge < -0.3 is 10.6 Å². The average molecular weight is 426 g/mol. The summed E-state index contributed by atoms with van der Waals surface area (Å²) in [6.07, 6.45) is 0. The van der Waals surface area contributed by atoms with Gasteiger partial charge in [0.1, 0.15) is 11.0 Å². The molecule has 0 aliphatic heterocycles. The molecular formula is C16H18N4O6S2. The van der Waals surface area contributed by atoms with E-state index in [1.54, 1.807) is 36.4 Å². The zero-order valence-electron chi connectivity index (χ0n) is 14.5. The van der Waals surface area contributed by atoms with Crippen molar-refractivity contribution >= 4 is 53.7 Å². The molecule has 0 unspecified atom stereocenters.